The quantitative estimate of drug-likeness (QED) is 0.665. The summed E-state index contributed by atoms with van der Waals surface area (Å²) in [6.45, 7) is 1.88. The molecule has 0 saturated carbocycles. The van der Waals surface area contributed by atoms with Crippen molar-refractivity contribution in [3.05, 3.63) is 36.0 Å². The smallest absolute Gasteiger partial charge is 0.416 e. The minimum Gasteiger partial charge on any atom is -0.464 e. The van der Waals surface area contributed by atoms with Gasteiger partial charge in [-0.3, -0.25) is 4.57 Å². The fourth-order valence-corrected chi connectivity index (χ4v) is 1.44. The molecule has 2 rings (SSSR count). The van der Waals surface area contributed by atoms with E-state index in [9.17, 15) is 4.79 Å². The molecule has 1 N–H and O–H groups in total. The van der Waals surface area contributed by atoms with Crippen LogP contribution in [0.3, 0.4) is 0 Å². The zero-order chi connectivity index (χ0) is 9.42. The summed E-state index contributed by atoms with van der Waals surface area (Å²) in [6.07, 6.45) is 0.658. The van der Waals surface area contributed by atoms with Gasteiger partial charge in [-0.1, -0.05) is 6.07 Å². The number of aryl methyl sites for hydroxylation is 1. The zero-order valence-electron chi connectivity index (χ0n) is 7.11. The molecule has 0 atom stereocenters. The molecule has 2 aromatic rings. The van der Waals surface area contributed by atoms with Crippen LogP contribution in [0.4, 0.5) is 4.79 Å². The van der Waals surface area contributed by atoms with Crippen molar-refractivity contribution in [2.75, 3.05) is 0 Å². The topological polar surface area (TPSA) is 42.2 Å². The molecule has 3 nitrogen and oxygen atoms in total. The second kappa shape index (κ2) is 2.62. The highest BCUT2D eigenvalue weighted by Crippen LogP contribution is 2.19. The van der Waals surface area contributed by atoms with Crippen molar-refractivity contribution in [3.63, 3.8) is 0 Å². The third-order valence-corrected chi connectivity index (χ3v) is 2.05. The standard InChI is InChI=1S/C10H8NO2/c1-7-6-11(10(12)13)9-5-3-2-4-8(7)9/h3-6H,1H3,(H,12,13). The van der Waals surface area contributed by atoms with E-state index in [0.717, 1.165) is 10.9 Å². The fourth-order valence-electron chi connectivity index (χ4n) is 1.44. The Hall–Kier alpha value is -1.77. The maximum atomic E-state index is 10.8. The van der Waals surface area contributed by atoms with E-state index in [1.165, 1.54) is 4.57 Å². The first-order chi connectivity index (χ1) is 6.20. The summed E-state index contributed by atoms with van der Waals surface area (Å²) < 4.78 is 1.22. The maximum Gasteiger partial charge on any atom is 0.416 e. The number of benzene rings is 1. The van der Waals surface area contributed by atoms with Gasteiger partial charge in [-0.15, -0.1) is 0 Å². The molecule has 3 heteroatoms. The molecule has 0 saturated heterocycles. The molecule has 0 aliphatic carbocycles. The van der Waals surface area contributed by atoms with Crippen molar-refractivity contribution < 1.29 is 9.90 Å². The van der Waals surface area contributed by atoms with Crippen molar-refractivity contribution in [1.29, 1.82) is 0 Å². The summed E-state index contributed by atoms with van der Waals surface area (Å²) in [5.74, 6) is 0. The molecule has 1 heterocycles. The van der Waals surface area contributed by atoms with Crippen LogP contribution >= 0.6 is 0 Å². The van der Waals surface area contributed by atoms with E-state index >= 15 is 0 Å². The lowest BCUT2D eigenvalue weighted by Crippen LogP contribution is -2.05. The Bertz CT molecular complexity index is 471. The van der Waals surface area contributed by atoms with Gasteiger partial charge in [-0.2, -0.15) is 0 Å². The van der Waals surface area contributed by atoms with Crippen LogP contribution in [0.25, 0.3) is 10.9 Å². The molecular formula is C10H8NO2. The summed E-state index contributed by atoms with van der Waals surface area (Å²) in [6, 6.07) is 8.17. The van der Waals surface area contributed by atoms with Crippen LogP contribution in [0, 0.1) is 13.0 Å². The number of fused-ring (bicyclic) bond motifs is 1. The van der Waals surface area contributed by atoms with Crippen LogP contribution in [-0.2, 0) is 0 Å². The summed E-state index contributed by atoms with van der Waals surface area (Å²) >= 11 is 0. The van der Waals surface area contributed by atoms with Gasteiger partial charge in [-0.05, 0) is 30.7 Å². The van der Waals surface area contributed by atoms with Crippen molar-refractivity contribution in [1.82, 2.24) is 4.57 Å². The lowest BCUT2D eigenvalue weighted by molar-refractivity contribution is 0.197. The van der Waals surface area contributed by atoms with E-state index in [-0.39, 0.29) is 0 Å². The van der Waals surface area contributed by atoms with Crippen molar-refractivity contribution >= 4 is 17.0 Å². The Kier molecular flexibility index (Phi) is 1.59. The lowest BCUT2D eigenvalue weighted by Gasteiger charge is -1.95. The van der Waals surface area contributed by atoms with Crippen molar-refractivity contribution in [2.24, 2.45) is 0 Å². The number of hydrogen-bond acceptors (Lipinski definition) is 1. The van der Waals surface area contributed by atoms with Crippen LogP contribution in [0.15, 0.2) is 24.4 Å². The van der Waals surface area contributed by atoms with Gasteiger partial charge in [0.05, 0.1) is 5.52 Å². The predicted octanol–water partition coefficient (Wildman–Crippen LogP) is 2.28. The van der Waals surface area contributed by atoms with E-state index < -0.39 is 6.09 Å². The Morgan fingerprint density at radius 2 is 2.38 bits per heavy atom. The van der Waals surface area contributed by atoms with Gasteiger partial charge < -0.3 is 5.11 Å². The SMILES string of the molecule is Cc1cn(C(=O)O)c2cc[c]cc12. The van der Waals surface area contributed by atoms with Crippen molar-refractivity contribution in [2.45, 2.75) is 6.92 Å². The average molecular weight is 174 g/mol. The van der Waals surface area contributed by atoms with E-state index in [0.29, 0.717) is 5.52 Å². The molecule has 1 radical (unpaired) electrons. The van der Waals surface area contributed by atoms with E-state index in [1.54, 1.807) is 24.4 Å². The molecule has 0 aliphatic rings. The Morgan fingerprint density at radius 1 is 1.62 bits per heavy atom. The number of rotatable bonds is 0. The van der Waals surface area contributed by atoms with Gasteiger partial charge in [0.25, 0.3) is 0 Å². The Labute approximate surface area is 75.2 Å². The van der Waals surface area contributed by atoms with Crippen LogP contribution in [0.1, 0.15) is 5.56 Å². The number of nitrogens with zero attached hydrogens (tertiary/aromatic N) is 1. The molecule has 1 aromatic carbocycles. The largest absolute Gasteiger partial charge is 0.464 e. The number of carbonyl (C=O) groups is 1. The van der Waals surface area contributed by atoms with E-state index in [1.807, 2.05) is 6.92 Å². The first-order valence-electron chi connectivity index (χ1n) is 3.91. The molecule has 0 spiro atoms. The minimum absolute atomic E-state index is 0.712. The van der Waals surface area contributed by atoms with Gasteiger partial charge in [0.15, 0.2) is 0 Å². The molecule has 1 aromatic heterocycles. The summed E-state index contributed by atoms with van der Waals surface area (Å²) in [5.41, 5.74) is 1.66. The van der Waals surface area contributed by atoms with Crippen LogP contribution in [0.2, 0.25) is 0 Å². The summed E-state index contributed by atoms with van der Waals surface area (Å²) in [5, 5.41) is 9.78. The minimum atomic E-state index is -0.954. The first-order valence-corrected chi connectivity index (χ1v) is 3.91. The first kappa shape index (κ1) is 7.86. The summed E-state index contributed by atoms with van der Waals surface area (Å²) in [7, 11) is 0. The number of aromatic nitrogens is 1. The second-order valence-corrected chi connectivity index (χ2v) is 2.91. The van der Waals surface area contributed by atoms with Gasteiger partial charge in [-0.25, -0.2) is 4.79 Å². The highest BCUT2D eigenvalue weighted by atomic mass is 16.4. The maximum absolute atomic E-state index is 10.8. The van der Waals surface area contributed by atoms with Crippen LogP contribution in [0.5, 0.6) is 0 Å². The molecule has 0 amide bonds. The van der Waals surface area contributed by atoms with Crippen molar-refractivity contribution in [3.8, 4) is 0 Å². The molecule has 0 fully saturated rings. The average Bonchev–Trinajstić information content (AvgIpc) is 2.45. The third-order valence-electron chi connectivity index (χ3n) is 2.05. The molecule has 0 bridgehead atoms. The number of carboxylic acid groups (broad SMARTS) is 1. The molecule has 0 aliphatic heterocycles. The fraction of sp³-hybridized carbons (Fsp3) is 0.100. The number of hydrogen-bond donors (Lipinski definition) is 1. The van der Waals surface area contributed by atoms with Gasteiger partial charge >= 0.3 is 6.09 Å². The Balaban J connectivity index is 2.85. The third kappa shape index (κ3) is 1.09. The van der Waals surface area contributed by atoms with E-state index in [4.69, 9.17) is 5.11 Å². The monoisotopic (exact) mass is 174 g/mol. The molecule has 0 unspecified atom stereocenters. The Morgan fingerprint density at radius 3 is 3.08 bits per heavy atom. The highest BCUT2D eigenvalue weighted by Gasteiger charge is 2.08. The summed E-state index contributed by atoms with van der Waals surface area (Å²) in [4.78, 5) is 10.8. The zero-order valence-corrected chi connectivity index (χ0v) is 7.11. The second-order valence-electron chi connectivity index (χ2n) is 2.91. The van der Waals surface area contributed by atoms with Gasteiger partial charge in [0.2, 0.25) is 0 Å². The van der Waals surface area contributed by atoms with Crippen LogP contribution < -0.4 is 0 Å². The normalized spacial score (nSPS) is 10.5. The lowest BCUT2D eigenvalue weighted by atomic mass is 10.2. The van der Waals surface area contributed by atoms with E-state index in [2.05, 4.69) is 6.07 Å². The van der Waals surface area contributed by atoms with Gasteiger partial charge in [0.1, 0.15) is 0 Å². The van der Waals surface area contributed by atoms with Crippen LogP contribution in [-0.4, -0.2) is 15.8 Å². The molecule has 13 heavy (non-hydrogen) atoms. The molecular weight excluding hydrogens is 166 g/mol. The highest BCUT2D eigenvalue weighted by molar-refractivity contribution is 5.91. The van der Waals surface area contributed by atoms with Gasteiger partial charge in [0, 0.05) is 11.6 Å². The predicted molar refractivity (Wildman–Crippen MR) is 48.9 cm³/mol. The molecule has 65 valence electrons.